The van der Waals surface area contributed by atoms with E-state index in [4.69, 9.17) is 0 Å². The van der Waals surface area contributed by atoms with E-state index in [-0.39, 0.29) is 18.2 Å². The second kappa shape index (κ2) is 7.04. The first-order valence-electron chi connectivity index (χ1n) is 7.56. The number of piperazine rings is 2. The Morgan fingerprint density at radius 1 is 0.800 bits per heavy atom. The SMILES string of the molecule is CCN1CCN(C(=O)CC(=O)N2CCN(C)CC2)CC1. The standard InChI is InChI=1S/C14H26N4O2/c1-3-16-6-10-18(11-7-16)14(20)12-13(19)17-8-4-15(2)5-9-17/h3-12H2,1-2H3. The van der Waals surface area contributed by atoms with Gasteiger partial charge in [-0.05, 0) is 13.6 Å². The van der Waals surface area contributed by atoms with Crippen molar-refractivity contribution in [2.45, 2.75) is 13.3 Å². The molecule has 0 aliphatic carbocycles. The Labute approximate surface area is 121 Å². The van der Waals surface area contributed by atoms with Crippen molar-refractivity contribution in [3.05, 3.63) is 0 Å². The Balaban J connectivity index is 1.75. The summed E-state index contributed by atoms with van der Waals surface area (Å²) in [6.45, 7) is 9.79. The molecule has 114 valence electrons. The second-order valence-electron chi connectivity index (χ2n) is 5.68. The molecule has 2 aliphatic rings. The summed E-state index contributed by atoms with van der Waals surface area (Å²) in [7, 11) is 2.06. The van der Waals surface area contributed by atoms with Crippen LogP contribution in [0.3, 0.4) is 0 Å². The molecule has 6 nitrogen and oxygen atoms in total. The van der Waals surface area contributed by atoms with Crippen molar-refractivity contribution < 1.29 is 9.59 Å². The van der Waals surface area contributed by atoms with Crippen LogP contribution in [0.2, 0.25) is 0 Å². The van der Waals surface area contributed by atoms with Crippen LogP contribution in [0.15, 0.2) is 0 Å². The molecule has 2 heterocycles. The van der Waals surface area contributed by atoms with Crippen molar-refractivity contribution in [2.24, 2.45) is 0 Å². The monoisotopic (exact) mass is 282 g/mol. The molecule has 0 spiro atoms. The average Bonchev–Trinajstić information content (AvgIpc) is 2.48. The predicted molar refractivity (Wildman–Crippen MR) is 77.4 cm³/mol. The Morgan fingerprint density at radius 3 is 1.70 bits per heavy atom. The number of rotatable bonds is 3. The van der Waals surface area contributed by atoms with Crippen LogP contribution in [0.5, 0.6) is 0 Å². The lowest BCUT2D eigenvalue weighted by molar-refractivity contribution is -0.142. The van der Waals surface area contributed by atoms with Gasteiger partial charge in [0.15, 0.2) is 0 Å². The lowest BCUT2D eigenvalue weighted by atomic mass is 10.2. The van der Waals surface area contributed by atoms with Gasteiger partial charge in [0.2, 0.25) is 11.8 Å². The molecule has 0 N–H and O–H groups in total. The van der Waals surface area contributed by atoms with E-state index in [2.05, 4.69) is 23.8 Å². The zero-order chi connectivity index (χ0) is 14.5. The highest BCUT2D eigenvalue weighted by atomic mass is 16.2. The van der Waals surface area contributed by atoms with Gasteiger partial charge in [-0.2, -0.15) is 0 Å². The summed E-state index contributed by atoms with van der Waals surface area (Å²) in [6.07, 6.45) is 0.0375. The molecule has 0 aromatic heterocycles. The second-order valence-corrected chi connectivity index (χ2v) is 5.68. The molecule has 0 unspecified atom stereocenters. The van der Waals surface area contributed by atoms with Crippen LogP contribution in [0.4, 0.5) is 0 Å². The van der Waals surface area contributed by atoms with E-state index in [0.29, 0.717) is 0 Å². The van der Waals surface area contributed by atoms with Gasteiger partial charge in [0.05, 0.1) is 0 Å². The van der Waals surface area contributed by atoms with Gasteiger partial charge in [-0.1, -0.05) is 6.92 Å². The number of carbonyl (C=O) groups excluding carboxylic acids is 2. The fourth-order valence-corrected chi connectivity index (χ4v) is 2.72. The van der Waals surface area contributed by atoms with Gasteiger partial charge in [0.25, 0.3) is 0 Å². The van der Waals surface area contributed by atoms with Crippen LogP contribution in [-0.4, -0.2) is 97.4 Å². The van der Waals surface area contributed by atoms with Gasteiger partial charge in [0, 0.05) is 52.4 Å². The number of amides is 2. The van der Waals surface area contributed by atoms with Crippen molar-refractivity contribution in [1.29, 1.82) is 0 Å². The molecule has 0 bridgehead atoms. The summed E-state index contributed by atoms with van der Waals surface area (Å²) in [5.41, 5.74) is 0. The predicted octanol–water partition coefficient (Wildman–Crippen LogP) is -0.685. The molecule has 0 saturated carbocycles. The van der Waals surface area contributed by atoms with Crippen LogP contribution in [-0.2, 0) is 9.59 Å². The third-order valence-corrected chi connectivity index (χ3v) is 4.33. The zero-order valence-electron chi connectivity index (χ0n) is 12.7. The van der Waals surface area contributed by atoms with Crippen LogP contribution in [0, 0.1) is 0 Å². The first-order valence-corrected chi connectivity index (χ1v) is 7.56. The Kier molecular flexibility index (Phi) is 5.37. The van der Waals surface area contributed by atoms with Crippen LogP contribution < -0.4 is 0 Å². The summed E-state index contributed by atoms with van der Waals surface area (Å²) < 4.78 is 0. The molecule has 2 saturated heterocycles. The van der Waals surface area contributed by atoms with Crippen molar-refractivity contribution >= 4 is 11.8 Å². The molecule has 2 aliphatic heterocycles. The first-order chi connectivity index (χ1) is 9.60. The fourth-order valence-electron chi connectivity index (χ4n) is 2.72. The smallest absolute Gasteiger partial charge is 0.232 e. The Bertz CT molecular complexity index is 345. The van der Waals surface area contributed by atoms with Gasteiger partial charge < -0.3 is 19.6 Å². The summed E-state index contributed by atoms with van der Waals surface area (Å²) in [6, 6.07) is 0. The summed E-state index contributed by atoms with van der Waals surface area (Å²) in [4.78, 5) is 32.5. The van der Waals surface area contributed by atoms with Crippen LogP contribution in [0.25, 0.3) is 0 Å². The lowest BCUT2D eigenvalue weighted by Gasteiger charge is -2.35. The normalized spacial score (nSPS) is 22.1. The van der Waals surface area contributed by atoms with Crippen molar-refractivity contribution in [2.75, 3.05) is 66.0 Å². The lowest BCUT2D eigenvalue weighted by Crippen LogP contribution is -2.51. The molecular formula is C14H26N4O2. The third kappa shape index (κ3) is 3.93. The van der Waals surface area contributed by atoms with E-state index in [0.717, 1.165) is 58.9 Å². The summed E-state index contributed by atoms with van der Waals surface area (Å²) >= 11 is 0. The van der Waals surface area contributed by atoms with E-state index >= 15 is 0 Å². The molecule has 0 aromatic carbocycles. The quantitative estimate of drug-likeness (QED) is 0.643. The molecule has 20 heavy (non-hydrogen) atoms. The van der Waals surface area contributed by atoms with Crippen molar-refractivity contribution in [1.82, 2.24) is 19.6 Å². The molecular weight excluding hydrogens is 256 g/mol. The van der Waals surface area contributed by atoms with E-state index in [1.807, 2.05) is 9.80 Å². The largest absolute Gasteiger partial charge is 0.340 e. The van der Waals surface area contributed by atoms with E-state index in [1.54, 1.807) is 0 Å². The van der Waals surface area contributed by atoms with Gasteiger partial charge in [-0.3, -0.25) is 9.59 Å². The highest BCUT2D eigenvalue weighted by Gasteiger charge is 2.25. The highest BCUT2D eigenvalue weighted by Crippen LogP contribution is 2.07. The number of likely N-dealkylation sites (N-methyl/N-ethyl adjacent to an activating group) is 2. The minimum absolute atomic E-state index is 0.00955. The molecule has 0 radical (unpaired) electrons. The van der Waals surface area contributed by atoms with Crippen LogP contribution in [0.1, 0.15) is 13.3 Å². The van der Waals surface area contributed by atoms with E-state index in [9.17, 15) is 9.59 Å². The summed E-state index contributed by atoms with van der Waals surface area (Å²) in [5.74, 6) is -0.0225. The van der Waals surface area contributed by atoms with Crippen molar-refractivity contribution in [3.63, 3.8) is 0 Å². The number of hydrogen-bond acceptors (Lipinski definition) is 4. The maximum Gasteiger partial charge on any atom is 0.232 e. The van der Waals surface area contributed by atoms with Crippen molar-refractivity contribution in [3.8, 4) is 0 Å². The summed E-state index contributed by atoms with van der Waals surface area (Å²) in [5, 5.41) is 0. The molecule has 2 amide bonds. The maximum atomic E-state index is 12.2. The molecule has 2 rings (SSSR count). The highest BCUT2D eigenvalue weighted by molar-refractivity contribution is 5.97. The van der Waals surface area contributed by atoms with E-state index in [1.165, 1.54) is 0 Å². The molecule has 2 fully saturated rings. The van der Waals surface area contributed by atoms with E-state index < -0.39 is 0 Å². The fraction of sp³-hybridized carbons (Fsp3) is 0.857. The number of carbonyl (C=O) groups is 2. The number of nitrogens with zero attached hydrogens (tertiary/aromatic N) is 4. The minimum atomic E-state index is -0.0129. The van der Waals surface area contributed by atoms with Gasteiger partial charge >= 0.3 is 0 Å². The average molecular weight is 282 g/mol. The Hall–Kier alpha value is -1.14. The third-order valence-electron chi connectivity index (χ3n) is 4.33. The number of hydrogen-bond donors (Lipinski definition) is 0. The minimum Gasteiger partial charge on any atom is -0.340 e. The van der Waals surface area contributed by atoms with Gasteiger partial charge in [-0.25, -0.2) is 0 Å². The first kappa shape index (κ1) is 15.3. The van der Waals surface area contributed by atoms with Gasteiger partial charge in [0.1, 0.15) is 6.42 Å². The molecule has 0 aromatic rings. The maximum absolute atomic E-state index is 12.2. The zero-order valence-corrected chi connectivity index (χ0v) is 12.7. The Morgan fingerprint density at radius 2 is 1.25 bits per heavy atom. The molecule has 6 heteroatoms. The van der Waals surface area contributed by atoms with Crippen LogP contribution >= 0.6 is 0 Å². The van der Waals surface area contributed by atoms with Gasteiger partial charge in [-0.15, -0.1) is 0 Å². The topological polar surface area (TPSA) is 47.1 Å². The molecule has 0 atom stereocenters.